The molecule has 0 saturated heterocycles. The van der Waals surface area contributed by atoms with E-state index in [0.717, 1.165) is 52.7 Å². The van der Waals surface area contributed by atoms with Gasteiger partial charge in [0.25, 0.3) is 5.92 Å². The maximum Gasteiger partial charge on any atom is 0.303 e. The summed E-state index contributed by atoms with van der Waals surface area (Å²) in [5, 5.41) is 8.93. The summed E-state index contributed by atoms with van der Waals surface area (Å²) in [7, 11) is 0. The highest BCUT2D eigenvalue weighted by Crippen LogP contribution is 2.39. The number of hydrogen-bond donors (Lipinski definition) is 1. The van der Waals surface area contributed by atoms with E-state index in [1.54, 1.807) is 6.07 Å². The highest BCUT2D eigenvalue weighted by atomic mass is 32.1. The van der Waals surface area contributed by atoms with Crippen molar-refractivity contribution in [1.82, 2.24) is 4.37 Å². The molecule has 2 aromatic carbocycles. The van der Waals surface area contributed by atoms with Gasteiger partial charge in [-0.3, -0.25) is 4.79 Å². The number of ether oxygens (including phenoxy) is 1. The Morgan fingerprint density at radius 2 is 1.81 bits per heavy atom. The number of halogens is 2. The monoisotopic (exact) mass is 459 g/mol. The molecule has 0 radical (unpaired) electrons. The lowest BCUT2D eigenvalue weighted by molar-refractivity contribution is -0.136. The molecule has 0 bridgehead atoms. The van der Waals surface area contributed by atoms with Gasteiger partial charge in [-0.1, -0.05) is 37.3 Å². The van der Waals surface area contributed by atoms with E-state index in [1.807, 2.05) is 44.2 Å². The molecular weight excluding hydrogens is 432 g/mol. The van der Waals surface area contributed by atoms with Gasteiger partial charge in [0, 0.05) is 24.5 Å². The Labute approximate surface area is 191 Å². The van der Waals surface area contributed by atoms with Crippen LogP contribution < -0.4 is 4.74 Å². The van der Waals surface area contributed by atoms with Crippen LogP contribution in [-0.2, 0) is 30.2 Å². The van der Waals surface area contributed by atoms with Crippen LogP contribution in [0, 0.1) is 13.8 Å². The molecule has 0 unspecified atom stereocenters. The number of carbonyl (C=O) groups is 1. The second kappa shape index (κ2) is 9.77. The largest absolute Gasteiger partial charge is 0.488 e. The first kappa shape index (κ1) is 23.9. The zero-order valence-electron chi connectivity index (χ0n) is 18.7. The van der Waals surface area contributed by atoms with E-state index in [2.05, 4.69) is 11.3 Å². The molecule has 7 heteroatoms. The van der Waals surface area contributed by atoms with Crippen molar-refractivity contribution in [2.24, 2.45) is 0 Å². The minimum Gasteiger partial charge on any atom is -0.488 e. The number of hydrogen-bond acceptors (Lipinski definition) is 4. The summed E-state index contributed by atoms with van der Waals surface area (Å²) in [4.78, 5) is 10.8. The lowest BCUT2D eigenvalue weighted by Crippen LogP contribution is -2.10. The van der Waals surface area contributed by atoms with Crippen molar-refractivity contribution in [3.63, 3.8) is 0 Å². The number of carboxylic acids is 1. The van der Waals surface area contributed by atoms with Crippen molar-refractivity contribution < 1.29 is 23.4 Å². The predicted octanol–water partition coefficient (Wildman–Crippen LogP) is 6.70. The van der Waals surface area contributed by atoms with E-state index >= 15 is 0 Å². The first-order chi connectivity index (χ1) is 15.1. The van der Waals surface area contributed by atoms with Gasteiger partial charge < -0.3 is 9.84 Å². The maximum absolute atomic E-state index is 14.3. The van der Waals surface area contributed by atoms with Crippen LogP contribution in [-0.4, -0.2) is 15.4 Å². The number of rotatable bonds is 9. The fraction of sp³-hybridized carbons (Fsp3) is 0.360. The minimum atomic E-state index is -3.02. The average Bonchev–Trinajstić information content (AvgIpc) is 3.18. The zero-order chi connectivity index (χ0) is 23.5. The van der Waals surface area contributed by atoms with Crippen LogP contribution in [0.25, 0.3) is 11.3 Å². The second-order valence-electron chi connectivity index (χ2n) is 7.93. The van der Waals surface area contributed by atoms with E-state index in [4.69, 9.17) is 9.84 Å². The molecule has 0 atom stereocenters. The van der Waals surface area contributed by atoms with Crippen LogP contribution >= 0.6 is 11.5 Å². The Morgan fingerprint density at radius 1 is 1.12 bits per heavy atom. The highest BCUT2D eigenvalue weighted by molar-refractivity contribution is 7.06. The van der Waals surface area contributed by atoms with Gasteiger partial charge in [-0.05, 0) is 66.5 Å². The molecule has 0 aliphatic rings. The van der Waals surface area contributed by atoms with Crippen molar-refractivity contribution in [2.75, 3.05) is 0 Å². The lowest BCUT2D eigenvalue weighted by Gasteiger charge is -2.16. The van der Waals surface area contributed by atoms with E-state index in [9.17, 15) is 13.6 Å². The van der Waals surface area contributed by atoms with Gasteiger partial charge in [0.15, 0.2) is 0 Å². The van der Waals surface area contributed by atoms with Gasteiger partial charge >= 0.3 is 5.97 Å². The first-order valence-electron chi connectivity index (χ1n) is 10.5. The number of nitrogens with zero attached hydrogens (tertiary/aromatic N) is 1. The molecule has 0 fully saturated rings. The molecule has 4 nitrogen and oxygen atoms in total. The molecule has 0 aliphatic carbocycles. The molecule has 170 valence electrons. The van der Waals surface area contributed by atoms with Gasteiger partial charge in [0.05, 0.1) is 5.69 Å². The van der Waals surface area contributed by atoms with Gasteiger partial charge in [0.2, 0.25) is 0 Å². The Morgan fingerprint density at radius 3 is 2.41 bits per heavy atom. The van der Waals surface area contributed by atoms with Crippen molar-refractivity contribution in [3.05, 3.63) is 69.1 Å². The summed E-state index contributed by atoms with van der Waals surface area (Å²) in [6, 6.07) is 11.4. The SMILES string of the molecule is CCc1ccc(-c2nsc(C(C)(F)F)c2COc2ccc(CCC(=O)O)c(C)c2C)cc1. The summed E-state index contributed by atoms with van der Waals surface area (Å²) in [6.45, 7) is 6.71. The number of alkyl halides is 2. The molecule has 3 rings (SSSR count). The van der Waals surface area contributed by atoms with Crippen LogP contribution in [0.5, 0.6) is 5.75 Å². The predicted molar refractivity (Wildman–Crippen MR) is 123 cm³/mol. The summed E-state index contributed by atoms with van der Waals surface area (Å²) in [6.07, 6.45) is 1.38. The molecule has 0 spiro atoms. The molecule has 1 heterocycles. The lowest BCUT2D eigenvalue weighted by atomic mass is 9.99. The highest BCUT2D eigenvalue weighted by Gasteiger charge is 2.33. The Kier molecular flexibility index (Phi) is 7.29. The Bertz CT molecular complexity index is 1100. The maximum atomic E-state index is 14.3. The zero-order valence-corrected chi connectivity index (χ0v) is 19.5. The average molecular weight is 460 g/mol. The van der Waals surface area contributed by atoms with Crippen molar-refractivity contribution in [2.45, 2.75) is 59.5 Å². The minimum absolute atomic E-state index is 0.0329. The summed E-state index contributed by atoms with van der Waals surface area (Å²) in [5.41, 5.74) is 5.60. The van der Waals surface area contributed by atoms with Gasteiger partial charge in [-0.15, -0.1) is 0 Å². The molecule has 0 amide bonds. The molecule has 1 N–H and O–H groups in total. The normalized spacial score (nSPS) is 11.6. The number of carboxylic acid groups (broad SMARTS) is 1. The topological polar surface area (TPSA) is 59.4 Å². The Hall–Kier alpha value is -2.80. The molecular formula is C25H27F2NO3S. The summed E-state index contributed by atoms with van der Waals surface area (Å²) in [5.74, 6) is -3.28. The van der Waals surface area contributed by atoms with E-state index in [-0.39, 0.29) is 17.9 Å². The number of aliphatic carboxylic acids is 1. The van der Waals surface area contributed by atoms with E-state index in [1.165, 1.54) is 0 Å². The standard InChI is InChI=1S/C25H27F2NO3S/c1-5-17-6-8-19(9-7-17)23-20(24(32-28-23)25(4,26)27)14-31-21-12-10-18(11-13-22(29)30)15(2)16(21)3/h6-10,12H,5,11,13-14H2,1-4H3,(H,29,30). The third kappa shape index (κ3) is 5.33. The third-order valence-electron chi connectivity index (χ3n) is 5.65. The van der Waals surface area contributed by atoms with Crippen molar-refractivity contribution >= 4 is 17.5 Å². The molecule has 1 aromatic heterocycles. The van der Waals surface area contributed by atoms with Crippen LogP contribution in [0.3, 0.4) is 0 Å². The molecule has 0 aliphatic heterocycles. The van der Waals surface area contributed by atoms with Crippen molar-refractivity contribution in [3.8, 4) is 17.0 Å². The van der Waals surface area contributed by atoms with E-state index in [0.29, 0.717) is 23.4 Å². The fourth-order valence-corrected chi connectivity index (χ4v) is 4.41. The number of aryl methyl sites for hydroxylation is 2. The number of benzene rings is 2. The molecule has 0 saturated carbocycles. The third-order valence-corrected chi connectivity index (χ3v) is 6.71. The second-order valence-corrected chi connectivity index (χ2v) is 8.71. The van der Waals surface area contributed by atoms with E-state index < -0.39 is 11.9 Å². The van der Waals surface area contributed by atoms with Gasteiger partial charge in [-0.2, -0.15) is 4.37 Å². The first-order valence-corrected chi connectivity index (χ1v) is 11.3. The number of aromatic nitrogens is 1. The van der Waals surface area contributed by atoms with Crippen LogP contribution in [0.1, 0.15) is 53.0 Å². The molecule has 32 heavy (non-hydrogen) atoms. The fourth-order valence-electron chi connectivity index (χ4n) is 3.58. The van der Waals surface area contributed by atoms with Crippen LogP contribution in [0.4, 0.5) is 8.78 Å². The smallest absolute Gasteiger partial charge is 0.303 e. The van der Waals surface area contributed by atoms with Crippen molar-refractivity contribution in [1.29, 1.82) is 0 Å². The summed E-state index contributed by atoms with van der Waals surface area (Å²) >= 11 is 0.807. The molecule has 3 aromatic rings. The summed E-state index contributed by atoms with van der Waals surface area (Å²) < 4.78 is 38.9. The Balaban J connectivity index is 1.90. The van der Waals surface area contributed by atoms with Crippen LogP contribution in [0.15, 0.2) is 36.4 Å². The van der Waals surface area contributed by atoms with Gasteiger partial charge in [-0.25, -0.2) is 8.78 Å². The quantitative estimate of drug-likeness (QED) is 0.387. The van der Waals surface area contributed by atoms with Crippen LogP contribution in [0.2, 0.25) is 0 Å². The van der Waals surface area contributed by atoms with Gasteiger partial charge in [0.1, 0.15) is 17.2 Å².